The van der Waals surface area contributed by atoms with Gasteiger partial charge in [0.05, 0.1) is 6.61 Å². The van der Waals surface area contributed by atoms with Crippen LogP contribution < -0.4 is 9.79 Å². The van der Waals surface area contributed by atoms with Crippen molar-refractivity contribution in [3.05, 3.63) is 11.5 Å². The summed E-state index contributed by atoms with van der Waals surface area (Å²) in [6.07, 6.45) is -3.44. The summed E-state index contributed by atoms with van der Waals surface area (Å²) in [5.74, 6) is -3.62. The van der Waals surface area contributed by atoms with Gasteiger partial charge in [-0.1, -0.05) is 0 Å². The number of esters is 1. The second-order valence-corrected chi connectivity index (χ2v) is 3.90. The van der Waals surface area contributed by atoms with E-state index in [9.17, 15) is 19.1 Å². The fourth-order valence-electron chi connectivity index (χ4n) is 1.02. The van der Waals surface area contributed by atoms with E-state index in [0.29, 0.717) is 0 Å². The molecule has 1 rings (SSSR count). The van der Waals surface area contributed by atoms with Crippen LogP contribution in [0.4, 0.5) is 0 Å². The van der Waals surface area contributed by atoms with Crippen LogP contribution in [0.1, 0.15) is 0 Å². The van der Waals surface area contributed by atoms with Crippen LogP contribution in [0.3, 0.4) is 0 Å². The third-order valence-corrected chi connectivity index (χ3v) is 2.09. The third kappa shape index (κ3) is 4.10. The molecule has 0 amide bonds. The first-order valence-corrected chi connectivity index (χ1v) is 5.37. The molecule has 0 aromatic rings. The Balaban J connectivity index is 0.00000256. The minimum absolute atomic E-state index is 0. The quantitative estimate of drug-likeness (QED) is 0.269. The molecule has 2 unspecified atom stereocenters. The van der Waals surface area contributed by atoms with Gasteiger partial charge in [0, 0.05) is 0 Å². The zero-order valence-electron chi connectivity index (χ0n) is 8.31. The normalized spacial score (nSPS) is 21.9. The van der Waals surface area contributed by atoms with Crippen molar-refractivity contribution in [1.82, 2.24) is 0 Å². The molecule has 0 saturated carbocycles. The fraction of sp³-hybridized carbons (Fsp3) is 0.500. The minimum Gasteiger partial charge on any atom is -0.780 e. The van der Waals surface area contributed by atoms with E-state index in [4.69, 9.17) is 15.3 Å². The first-order chi connectivity index (χ1) is 7.26. The van der Waals surface area contributed by atoms with E-state index in [0.717, 1.165) is 0 Å². The van der Waals surface area contributed by atoms with Gasteiger partial charge in [-0.05, 0) is 0 Å². The topological polar surface area (TPSA) is 159 Å². The van der Waals surface area contributed by atoms with Crippen LogP contribution in [0, 0.1) is 0 Å². The van der Waals surface area contributed by atoms with E-state index in [1.807, 2.05) is 0 Å². The van der Waals surface area contributed by atoms with E-state index >= 15 is 0 Å². The molecule has 0 fully saturated rings. The Morgan fingerprint density at radius 3 is 2.47 bits per heavy atom. The molecule has 3 N–H and O–H groups in total. The maximum atomic E-state index is 10.8. The van der Waals surface area contributed by atoms with E-state index in [1.54, 1.807) is 0 Å². The number of aliphatic hydroxyl groups excluding tert-OH is 3. The standard InChI is InChI=1S/C6H9O9P.Mg/c7-1-2(8)4-5(15-16(11,12)13)3(9)6(10)14-4;/h2,4,7-9H,1H2,(H2,11,12,13);/q;+2/p-2. The van der Waals surface area contributed by atoms with Gasteiger partial charge >= 0.3 is 29.0 Å². The second kappa shape index (κ2) is 6.00. The van der Waals surface area contributed by atoms with Crippen molar-refractivity contribution < 1.29 is 43.7 Å². The number of carbonyl (C=O) groups is 1. The molecule has 0 aromatic carbocycles. The zero-order chi connectivity index (χ0) is 12.5. The molecule has 17 heavy (non-hydrogen) atoms. The van der Waals surface area contributed by atoms with Crippen molar-refractivity contribution in [2.24, 2.45) is 0 Å². The van der Waals surface area contributed by atoms with Gasteiger partial charge in [0.25, 0.3) is 0 Å². The first-order valence-electron chi connectivity index (χ1n) is 3.91. The van der Waals surface area contributed by atoms with Crippen LogP contribution >= 0.6 is 7.82 Å². The van der Waals surface area contributed by atoms with Gasteiger partial charge in [-0.2, -0.15) is 0 Å². The molecule has 1 aliphatic rings. The number of hydrogen-bond acceptors (Lipinski definition) is 9. The van der Waals surface area contributed by atoms with Gasteiger partial charge < -0.3 is 38.9 Å². The summed E-state index contributed by atoms with van der Waals surface area (Å²) in [5, 5.41) is 26.7. The Morgan fingerprint density at radius 1 is 1.53 bits per heavy atom. The Morgan fingerprint density at radius 2 is 2.06 bits per heavy atom. The Hall–Kier alpha value is -0.354. The van der Waals surface area contributed by atoms with E-state index in [2.05, 4.69) is 9.26 Å². The molecule has 92 valence electrons. The zero-order valence-corrected chi connectivity index (χ0v) is 10.6. The predicted molar refractivity (Wildman–Crippen MR) is 47.1 cm³/mol. The summed E-state index contributed by atoms with van der Waals surface area (Å²) >= 11 is 0. The van der Waals surface area contributed by atoms with Crippen LogP contribution in [0.5, 0.6) is 0 Å². The Bertz CT molecular complexity index is 374. The number of cyclic esters (lactones) is 1. The molecule has 9 nitrogen and oxygen atoms in total. The molecule has 11 heteroatoms. The Kier molecular flexibility index (Phi) is 5.88. The van der Waals surface area contributed by atoms with E-state index < -0.39 is 44.1 Å². The second-order valence-electron chi connectivity index (χ2n) is 2.83. The number of aliphatic hydroxyl groups is 3. The van der Waals surface area contributed by atoms with Crippen molar-refractivity contribution in [1.29, 1.82) is 0 Å². The molecule has 0 saturated heterocycles. The molecule has 0 radical (unpaired) electrons. The van der Waals surface area contributed by atoms with Gasteiger partial charge in [0.1, 0.15) is 13.9 Å². The van der Waals surface area contributed by atoms with Gasteiger partial charge in [-0.25, -0.2) is 4.79 Å². The smallest absolute Gasteiger partial charge is 0.780 e. The summed E-state index contributed by atoms with van der Waals surface area (Å²) in [7, 11) is -5.51. The van der Waals surface area contributed by atoms with E-state index in [-0.39, 0.29) is 23.1 Å². The molecule has 1 heterocycles. The van der Waals surface area contributed by atoms with Gasteiger partial charge in [-0.15, -0.1) is 0 Å². The molecular formula is C6H7MgO9P. The number of carbonyl (C=O) groups excluding carboxylic acids is 1. The molecule has 1 aliphatic heterocycles. The molecule has 0 spiro atoms. The van der Waals surface area contributed by atoms with Crippen molar-refractivity contribution in [2.45, 2.75) is 12.2 Å². The van der Waals surface area contributed by atoms with Crippen LogP contribution in [0.25, 0.3) is 0 Å². The summed E-state index contributed by atoms with van der Waals surface area (Å²) in [6, 6.07) is 0. The average Bonchev–Trinajstić information content (AvgIpc) is 2.43. The largest absolute Gasteiger partial charge is 2.00 e. The molecular weight excluding hydrogens is 271 g/mol. The summed E-state index contributed by atoms with van der Waals surface area (Å²) in [6.45, 7) is -0.889. The molecule has 0 aromatic heterocycles. The van der Waals surface area contributed by atoms with Gasteiger partial charge in [-0.3, -0.25) is 0 Å². The number of phosphoric acid groups is 1. The summed E-state index contributed by atoms with van der Waals surface area (Å²) < 4.78 is 18.4. The van der Waals surface area contributed by atoms with Crippen molar-refractivity contribution >= 4 is 36.8 Å². The minimum atomic E-state index is -5.51. The number of rotatable bonds is 4. The maximum Gasteiger partial charge on any atom is 2.00 e. The summed E-state index contributed by atoms with van der Waals surface area (Å²) in [4.78, 5) is 31.4. The SMILES string of the molecule is O=C1OC(C(O)CO)C(OP(=O)([O-])[O-])=C1O.[Mg+2]. The van der Waals surface area contributed by atoms with Crippen molar-refractivity contribution in [3.8, 4) is 0 Å². The predicted octanol–water partition coefficient (Wildman–Crippen LogP) is -3.50. The number of ether oxygens (including phenoxy) is 1. The monoisotopic (exact) mass is 278 g/mol. The Labute approximate surface area is 111 Å². The average molecular weight is 278 g/mol. The molecule has 0 bridgehead atoms. The van der Waals surface area contributed by atoms with Crippen LogP contribution in [-0.4, -0.2) is 63.2 Å². The number of phosphoric ester groups is 1. The van der Waals surface area contributed by atoms with Gasteiger partial charge in [0.2, 0.25) is 5.76 Å². The fourth-order valence-corrected chi connectivity index (χ4v) is 1.46. The van der Waals surface area contributed by atoms with Crippen LogP contribution in [0.15, 0.2) is 11.5 Å². The van der Waals surface area contributed by atoms with Crippen molar-refractivity contribution in [3.63, 3.8) is 0 Å². The number of hydrogen-bond donors (Lipinski definition) is 3. The van der Waals surface area contributed by atoms with Crippen LogP contribution in [0.2, 0.25) is 0 Å². The first kappa shape index (κ1) is 16.6. The molecule has 2 atom stereocenters. The maximum absolute atomic E-state index is 10.8. The summed E-state index contributed by atoms with van der Waals surface area (Å²) in [5.41, 5.74) is 0. The van der Waals surface area contributed by atoms with E-state index in [1.165, 1.54) is 0 Å². The molecule has 0 aliphatic carbocycles. The third-order valence-electron chi connectivity index (χ3n) is 1.67. The van der Waals surface area contributed by atoms with Crippen LogP contribution in [-0.2, 0) is 18.6 Å². The van der Waals surface area contributed by atoms with Gasteiger partial charge in [0.15, 0.2) is 11.9 Å². The van der Waals surface area contributed by atoms with Crippen molar-refractivity contribution in [2.75, 3.05) is 6.61 Å².